The second kappa shape index (κ2) is 3.67. The molecule has 15 heavy (non-hydrogen) atoms. The molecule has 0 spiro atoms. The van der Waals surface area contributed by atoms with Gasteiger partial charge in [0.05, 0.1) is 13.1 Å². The molecular weight excluding hydrogens is 192 g/mol. The number of carbonyl (C=O) groups is 1. The smallest absolute Gasteiger partial charge is 0.320 e. The highest BCUT2D eigenvalue weighted by molar-refractivity contribution is 5.76. The predicted octanol–water partition coefficient (Wildman–Crippen LogP) is 0.905. The third-order valence-electron chi connectivity index (χ3n) is 3.65. The fourth-order valence-electron chi connectivity index (χ4n) is 2.22. The summed E-state index contributed by atoms with van der Waals surface area (Å²) in [5.74, 6) is 0.222. The van der Waals surface area contributed by atoms with Crippen LogP contribution in [0.4, 0.5) is 4.79 Å². The zero-order valence-electron chi connectivity index (χ0n) is 9.57. The zero-order chi connectivity index (χ0) is 11.1. The maximum Gasteiger partial charge on any atom is 0.320 e. The summed E-state index contributed by atoms with van der Waals surface area (Å²) in [7, 11) is 0. The Morgan fingerprint density at radius 3 is 2.20 bits per heavy atom. The van der Waals surface area contributed by atoms with Crippen molar-refractivity contribution in [1.29, 1.82) is 0 Å². The van der Waals surface area contributed by atoms with Crippen LogP contribution in [0.1, 0.15) is 26.7 Å². The third kappa shape index (κ3) is 1.83. The first kappa shape index (κ1) is 10.7. The summed E-state index contributed by atoms with van der Waals surface area (Å²) < 4.78 is 0. The number of urea groups is 1. The van der Waals surface area contributed by atoms with Gasteiger partial charge in [-0.3, -0.25) is 0 Å². The van der Waals surface area contributed by atoms with E-state index in [4.69, 9.17) is 0 Å². The Balaban J connectivity index is 1.86. The van der Waals surface area contributed by atoms with E-state index in [2.05, 4.69) is 0 Å². The maximum atomic E-state index is 11.9. The third-order valence-corrected chi connectivity index (χ3v) is 3.65. The summed E-state index contributed by atoms with van der Waals surface area (Å²) >= 11 is 0. The molecule has 0 aromatic rings. The monoisotopic (exact) mass is 212 g/mol. The second-order valence-electron chi connectivity index (χ2n) is 5.09. The Labute approximate surface area is 90.9 Å². The molecule has 2 aliphatic heterocycles. The van der Waals surface area contributed by atoms with Gasteiger partial charge in [0.15, 0.2) is 0 Å². The van der Waals surface area contributed by atoms with Crippen molar-refractivity contribution in [3.05, 3.63) is 0 Å². The molecule has 0 atom stereocenters. The van der Waals surface area contributed by atoms with E-state index in [1.54, 1.807) is 4.90 Å². The molecule has 0 aliphatic carbocycles. The minimum Gasteiger partial charge on any atom is -0.386 e. The van der Waals surface area contributed by atoms with Crippen molar-refractivity contribution in [1.82, 2.24) is 9.80 Å². The van der Waals surface area contributed by atoms with E-state index in [0.29, 0.717) is 13.1 Å². The van der Waals surface area contributed by atoms with Gasteiger partial charge in [-0.1, -0.05) is 13.8 Å². The number of hydrogen-bond donors (Lipinski definition) is 1. The molecule has 4 nitrogen and oxygen atoms in total. The van der Waals surface area contributed by atoms with Crippen molar-refractivity contribution < 1.29 is 9.90 Å². The molecule has 0 radical (unpaired) electrons. The average Bonchev–Trinajstić information content (AvgIpc) is 2.64. The van der Waals surface area contributed by atoms with Crippen LogP contribution in [0.3, 0.4) is 0 Å². The van der Waals surface area contributed by atoms with E-state index >= 15 is 0 Å². The summed E-state index contributed by atoms with van der Waals surface area (Å²) in [5, 5.41) is 10.0. The van der Waals surface area contributed by atoms with E-state index in [1.807, 2.05) is 18.7 Å². The molecule has 0 bridgehead atoms. The number of nitrogens with zero attached hydrogens (tertiary/aromatic N) is 2. The van der Waals surface area contributed by atoms with Crippen molar-refractivity contribution in [3.63, 3.8) is 0 Å². The molecule has 0 saturated carbocycles. The van der Waals surface area contributed by atoms with Crippen molar-refractivity contribution >= 4 is 6.03 Å². The van der Waals surface area contributed by atoms with Gasteiger partial charge < -0.3 is 14.9 Å². The van der Waals surface area contributed by atoms with Crippen LogP contribution in [-0.4, -0.2) is 52.7 Å². The molecule has 0 aromatic heterocycles. The molecular formula is C11H20N2O2. The lowest BCUT2D eigenvalue weighted by Crippen LogP contribution is -2.67. The van der Waals surface area contributed by atoms with Crippen molar-refractivity contribution in [3.8, 4) is 0 Å². The average molecular weight is 212 g/mol. The van der Waals surface area contributed by atoms with Crippen molar-refractivity contribution in [2.75, 3.05) is 26.2 Å². The number of hydrogen-bond acceptors (Lipinski definition) is 2. The molecule has 2 saturated heterocycles. The molecule has 2 amide bonds. The first-order chi connectivity index (χ1) is 7.03. The van der Waals surface area contributed by atoms with Crippen molar-refractivity contribution in [2.24, 2.45) is 5.92 Å². The first-order valence-corrected chi connectivity index (χ1v) is 5.79. The Hall–Kier alpha value is -0.770. The van der Waals surface area contributed by atoms with Crippen LogP contribution >= 0.6 is 0 Å². The van der Waals surface area contributed by atoms with Gasteiger partial charge in [-0.05, 0) is 18.8 Å². The van der Waals surface area contributed by atoms with Crippen LogP contribution in [0.15, 0.2) is 0 Å². The highest BCUT2D eigenvalue weighted by atomic mass is 16.3. The van der Waals surface area contributed by atoms with Gasteiger partial charge in [0.2, 0.25) is 0 Å². The van der Waals surface area contributed by atoms with Gasteiger partial charge in [-0.25, -0.2) is 4.79 Å². The summed E-state index contributed by atoms with van der Waals surface area (Å²) in [5.41, 5.74) is -0.643. The fraction of sp³-hybridized carbons (Fsp3) is 0.909. The number of likely N-dealkylation sites (tertiary alicyclic amines) is 2. The van der Waals surface area contributed by atoms with E-state index in [9.17, 15) is 9.90 Å². The van der Waals surface area contributed by atoms with E-state index < -0.39 is 5.60 Å². The number of carbonyl (C=O) groups excluding carboxylic acids is 1. The molecule has 0 unspecified atom stereocenters. The lowest BCUT2D eigenvalue weighted by Gasteiger charge is -2.49. The minimum absolute atomic E-state index is 0.109. The number of amides is 2. The Bertz CT molecular complexity index is 253. The summed E-state index contributed by atoms with van der Waals surface area (Å²) in [6.45, 7) is 6.76. The van der Waals surface area contributed by atoms with E-state index in [-0.39, 0.29) is 11.9 Å². The molecule has 2 fully saturated rings. The Kier molecular flexibility index (Phi) is 2.63. The van der Waals surface area contributed by atoms with Crippen LogP contribution < -0.4 is 0 Å². The highest BCUT2D eigenvalue weighted by Gasteiger charge is 2.46. The van der Waals surface area contributed by atoms with Crippen molar-refractivity contribution in [2.45, 2.75) is 32.3 Å². The van der Waals surface area contributed by atoms with Crippen LogP contribution in [0.2, 0.25) is 0 Å². The molecule has 2 rings (SSSR count). The van der Waals surface area contributed by atoms with Gasteiger partial charge in [-0.15, -0.1) is 0 Å². The van der Waals surface area contributed by atoms with Crippen LogP contribution in [0, 0.1) is 5.92 Å². The minimum atomic E-state index is -0.643. The lowest BCUT2D eigenvalue weighted by molar-refractivity contribution is -0.111. The number of β-amino-alcohol motifs (C(OH)–C–C–N with tert-alkyl or cyclic N) is 1. The number of aliphatic hydroxyl groups is 1. The largest absolute Gasteiger partial charge is 0.386 e. The topological polar surface area (TPSA) is 43.8 Å². The van der Waals surface area contributed by atoms with Gasteiger partial charge >= 0.3 is 6.03 Å². The fourth-order valence-corrected chi connectivity index (χ4v) is 2.22. The van der Waals surface area contributed by atoms with Crippen LogP contribution in [0.5, 0.6) is 0 Å². The Morgan fingerprint density at radius 2 is 1.73 bits per heavy atom. The molecule has 4 heteroatoms. The second-order valence-corrected chi connectivity index (χ2v) is 5.09. The summed E-state index contributed by atoms with van der Waals surface area (Å²) in [6, 6.07) is 0.109. The summed E-state index contributed by atoms with van der Waals surface area (Å²) in [6.07, 6.45) is 2.24. The maximum absolute atomic E-state index is 11.9. The molecule has 0 aromatic carbocycles. The normalized spacial score (nSPS) is 24.5. The van der Waals surface area contributed by atoms with Crippen LogP contribution in [-0.2, 0) is 0 Å². The summed E-state index contributed by atoms with van der Waals surface area (Å²) in [4.78, 5) is 15.5. The van der Waals surface area contributed by atoms with Gasteiger partial charge in [-0.2, -0.15) is 0 Å². The first-order valence-electron chi connectivity index (χ1n) is 5.79. The quantitative estimate of drug-likeness (QED) is 0.702. The molecule has 2 heterocycles. The highest BCUT2D eigenvalue weighted by Crippen LogP contribution is 2.29. The SMILES string of the molecule is CC(C)C1(O)CN(C(=O)N2CCCC2)C1. The van der Waals surface area contributed by atoms with Gasteiger partial charge in [0.1, 0.15) is 5.60 Å². The Morgan fingerprint density at radius 1 is 1.20 bits per heavy atom. The number of rotatable bonds is 1. The zero-order valence-corrected chi connectivity index (χ0v) is 9.57. The van der Waals surface area contributed by atoms with Gasteiger partial charge in [0, 0.05) is 13.1 Å². The molecule has 2 aliphatic rings. The standard InChI is InChI=1S/C11H20N2O2/c1-9(2)11(15)7-13(8-11)10(14)12-5-3-4-6-12/h9,15H,3-8H2,1-2H3. The molecule has 1 N–H and O–H groups in total. The van der Waals surface area contributed by atoms with E-state index in [0.717, 1.165) is 25.9 Å². The van der Waals surface area contributed by atoms with Crippen LogP contribution in [0.25, 0.3) is 0 Å². The lowest BCUT2D eigenvalue weighted by atomic mass is 9.83. The predicted molar refractivity (Wildman–Crippen MR) is 57.6 cm³/mol. The molecule has 86 valence electrons. The van der Waals surface area contributed by atoms with E-state index in [1.165, 1.54) is 0 Å². The van der Waals surface area contributed by atoms with Gasteiger partial charge in [0.25, 0.3) is 0 Å².